The largest absolute Gasteiger partial charge is 0.426 e. The van der Waals surface area contributed by atoms with Crippen LogP contribution in [-0.2, 0) is 19.7 Å². The number of fused-ring (bicyclic) bond motifs is 2. The SMILES string of the molecule is O=C(Oc1ccc(I)cc1)C1C(C(=O)Oc2cc(I)c(S(=O)(=O)O)c(I)c2)C2(Cl)C(Cl)=C(Cl)C1(Cl)C2(Cl)Cl. The fraction of sp³-hybridized carbons (Fsp3) is 0.238. The van der Waals surface area contributed by atoms with Crippen molar-refractivity contribution in [2.75, 3.05) is 0 Å². The fourth-order valence-corrected chi connectivity index (χ4v) is 11.6. The van der Waals surface area contributed by atoms with E-state index in [4.69, 9.17) is 79.1 Å². The summed E-state index contributed by atoms with van der Waals surface area (Å²) in [6.07, 6.45) is 0. The summed E-state index contributed by atoms with van der Waals surface area (Å²) in [5.74, 6) is -5.49. The van der Waals surface area contributed by atoms with Crippen molar-refractivity contribution in [1.29, 1.82) is 0 Å². The number of hydrogen-bond acceptors (Lipinski definition) is 6. The second-order valence-electron chi connectivity index (χ2n) is 8.07. The first kappa shape index (κ1) is 31.9. The summed E-state index contributed by atoms with van der Waals surface area (Å²) < 4.78 is 42.6. The molecule has 17 heteroatoms. The van der Waals surface area contributed by atoms with Crippen LogP contribution >= 0.6 is 137 Å². The van der Waals surface area contributed by atoms with Gasteiger partial charge in [0.05, 0.1) is 10.1 Å². The monoisotopic (exact) mass is 996 g/mol. The molecular formula is C21H9Cl6I3O7S. The number of carbonyl (C=O) groups excluding carboxylic acids is 2. The maximum absolute atomic E-state index is 13.6. The molecule has 2 aromatic rings. The van der Waals surface area contributed by atoms with Crippen molar-refractivity contribution in [2.24, 2.45) is 11.8 Å². The zero-order valence-corrected chi connectivity index (χ0v) is 29.6. The second kappa shape index (κ2) is 10.9. The Kier molecular flexibility index (Phi) is 9.15. The minimum Gasteiger partial charge on any atom is -0.426 e. The highest BCUT2D eigenvalue weighted by Gasteiger charge is 2.86. The van der Waals surface area contributed by atoms with Gasteiger partial charge in [-0.2, -0.15) is 8.42 Å². The molecule has 0 aliphatic heterocycles. The van der Waals surface area contributed by atoms with Crippen LogP contribution in [0.4, 0.5) is 0 Å². The smallest absolute Gasteiger partial charge is 0.317 e. The number of halogens is 9. The third-order valence-electron chi connectivity index (χ3n) is 5.92. The molecular weight excluding hydrogens is 990 g/mol. The molecule has 1 fully saturated rings. The number of rotatable bonds is 5. The van der Waals surface area contributed by atoms with Crippen LogP contribution < -0.4 is 9.47 Å². The molecule has 4 rings (SSSR count). The molecule has 2 bridgehead atoms. The molecule has 1 saturated carbocycles. The number of esters is 2. The summed E-state index contributed by atoms with van der Waals surface area (Å²) in [6, 6.07) is 8.80. The first-order valence-corrected chi connectivity index (χ1v) is 16.8. The van der Waals surface area contributed by atoms with E-state index < -0.39 is 48.0 Å². The number of ether oxygens (including phenoxy) is 2. The van der Waals surface area contributed by atoms with Gasteiger partial charge >= 0.3 is 11.9 Å². The lowest BCUT2D eigenvalue weighted by Gasteiger charge is -2.33. The quantitative estimate of drug-likeness (QED) is 0.110. The van der Waals surface area contributed by atoms with Crippen LogP contribution in [-0.4, -0.2) is 39.0 Å². The van der Waals surface area contributed by atoms with Crippen LogP contribution in [0.25, 0.3) is 0 Å². The zero-order valence-electron chi connectivity index (χ0n) is 17.8. The van der Waals surface area contributed by atoms with Crippen molar-refractivity contribution < 1.29 is 32.0 Å². The fourth-order valence-electron chi connectivity index (χ4n) is 4.28. The van der Waals surface area contributed by atoms with Gasteiger partial charge in [-0.05, 0) is 104 Å². The van der Waals surface area contributed by atoms with E-state index in [2.05, 4.69) is 22.6 Å². The average molecular weight is 999 g/mol. The van der Waals surface area contributed by atoms with E-state index in [0.29, 0.717) is 0 Å². The van der Waals surface area contributed by atoms with Gasteiger partial charge in [-0.1, -0.05) is 46.4 Å². The van der Waals surface area contributed by atoms with Gasteiger partial charge in [0.25, 0.3) is 10.1 Å². The Morgan fingerprint density at radius 1 is 0.789 bits per heavy atom. The molecule has 2 aromatic carbocycles. The van der Waals surface area contributed by atoms with Crippen molar-refractivity contribution in [3.05, 3.63) is 57.2 Å². The van der Waals surface area contributed by atoms with Gasteiger partial charge in [0.15, 0.2) is 4.33 Å². The maximum Gasteiger partial charge on any atom is 0.317 e. The number of alkyl halides is 4. The van der Waals surface area contributed by atoms with E-state index in [-0.39, 0.29) is 33.6 Å². The molecule has 2 aliphatic rings. The molecule has 204 valence electrons. The van der Waals surface area contributed by atoms with E-state index in [9.17, 15) is 22.6 Å². The maximum atomic E-state index is 13.6. The standard InChI is InChI=1S/C21H9Cl6I3O7S/c22-15-16(23)20(25)13(18(32)37-9-5-10(29)14(11(30)6-9)38(33,34)35)12(19(15,24)21(20,26)27)17(31)36-8-3-1-7(28)2-4-8/h1-6,12-13H,(H,33,34,35). The summed E-state index contributed by atoms with van der Waals surface area (Å²) >= 11 is 45.0. The van der Waals surface area contributed by atoms with Crippen LogP contribution in [0.1, 0.15) is 0 Å². The van der Waals surface area contributed by atoms with Crippen molar-refractivity contribution in [1.82, 2.24) is 0 Å². The van der Waals surface area contributed by atoms with Gasteiger partial charge in [-0.3, -0.25) is 14.1 Å². The highest BCUT2D eigenvalue weighted by atomic mass is 127. The van der Waals surface area contributed by atoms with Crippen molar-refractivity contribution >= 4 is 159 Å². The molecule has 0 radical (unpaired) electrons. The summed E-state index contributed by atoms with van der Waals surface area (Å²) in [5, 5.41) is -0.664. The Hall–Kier alpha value is 0.960. The molecule has 4 atom stereocenters. The minimum atomic E-state index is -4.56. The summed E-state index contributed by atoms with van der Waals surface area (Å²) in [4.78, 5) is 22.4. The van der Waals surface area contributed by atoms with Crippen LogP contribution in [0.15, 0.2) is 51.4 Å². The predicted octanol–water partition coefficient (Wildman–Crippen LogP) is 7.34. The predicted molar refractivity (Wildman–Crippen MR) is 169 cm³/mol. The molecule has 0 amide bonds. The van der Waals surface area contributed by atoms with E-state index in [0.717, 1.165) is 3.57 Å². The van der Waals surface area contributed by atoms with Crippen LogP contribution in [0.5, 0.6) is 11.5 Å². The minimum absolute atomic E-state index is 0.0572. The Balaban J connectivity index is 1.79. The van der Waals surface area contributed by atoms with E-state index in [1.54, 1.807) is 57.3 Å². The van der Waals surface area contributed by atoms with Gasteiger partial charge < -0.3 is 9.47 Å². The Labute approximate surface area is 287 Å². The number of allylic oxidation sites excluding steroid dienone is 2. The topological polar surface area (TPSA) is 107 Å². The molecule has 4 unspecified atom stereocenters. The van der Waals surface area contributed by atoms with E-state index in [1.807, 2.05) is 0 Å². The lowest BCUT2D eigenvalue weighted by molar-refractivity contribution is -0.150. The second-order valence-corrected chi connectivity index (χ2v) is 16.3. The Morgan fingerprint density at radius 2 is 1.18 bits per heavy atom. The number of carbonyl (C=O) groups is 2. The van der Waals surface area contributed by atoms with E-state index >= 15 is 0 Å². The first-order valence-electron chi connectivity index (χ1n) is 9.86. The van der Waals surface area contributed by atoms with Crippen molar-refractivity contribution in [3.63, 3.8) is 0 Å². The molecule has 1 N–H and O–H groups in total. The van der Waals surface area contributed by atoms with Crippen LogP contribution in [0.2, 0.25) is 0 Å². The van der Waals surface area contributed by atoms with E-state index in [1.165, 1.54) is 24.3 Å². The molecule has 0 saturated heterocycles. The first-order chi connectivity index (χ1) is 17.4. The molecule has 2 aliphatic carbocycles. The van der Waals surface area contributed by atoms with Crippen LogP contribution in [0.3, 0.4) is 0 Å². The third-order valence-corrected chi connectivity index (χ3v) is 14.3. The normalized spacial score (nSPS) is 27.9. The van der Waals surface area contributed by atoms with Crippen molar-refractivity contribution in [2.45, 2.75) is 19.0 Å². The summed E-state index contributed by atoms with van der Waals surface area (Å²) in [5.41, 5.74) is 0. The van der Waals surface area contributed by atoms with Crippen LogP contribution in [0, 0.1) is 22.5 Å². The van der Waals surface area contributed by atoms with Crippen molar-refractivity contribution in [3.8, 4) is 11.5 Å². The van der Waals surface area contributed by atoms with Gasteiger partial charge in [0.2, 0.25) is 0 Å². The van der Waals surface area contributed by atoms with Gasteiger partial charge in [-0.15, -0.1) is 23.2 Å². The molecule has 0 heterocycles. The lowest BCUT2D eigenvalue weighted by Crippen LogP contribution is -2.48. The molecule has 0 spiro atoms. The average Bonchev–Trinajstić information content (AvgIpc) is 2.99. The third kappa shape index (κ3) is 4.88. The summed E-state index contributed by atoms with van der Waals surface area (Å²) in [7, 11) is -4.56. The lowest BCUT2D eigenvalue weighted by atomic mass is 9.81. The number of hydrogen-bond donors (Lipinski definition) is 1. The number of benzene rings is 2. The highest BCUT2D eigenvalue weighted by molar-refractivity contribution is 14.1. The molecule has 7 nitrogen and oxygen atoms in total. The molecule has 38 heavy (non-hydrogen) atoms. The summed E-state index contributed by atoms with van der Waals surface area (Å²) in [6.45, 7) is 0. The Bertz CT molecular complexity index is 1490. The Morgan fingerprint density at radius 3 is 1.58 bits per heavy atom. The van der Waals surface area contributed by atoms with Gasteiger partial charge in [-0.25, -0.2) is 0 Å². The zero-order chi connectivity index (χ0) is 28.6. The highest BCUT2D eigenvalue weighted by Crippen LogP contribution is 2.76. The van der Waals surface area contributed by atoms with Gasteiger partial charge in [0, 0.05) is 10.7 Å². The van der Waals surface area contributed by atoms with Gasteiger partial charge in [0.1, 0.15) is 38.0 Å². The molecule has 0 aromatic heterocycles.